The molecule has 1 aromatic carbocycles. The van der Waals surface area contributed by atoms with Gasteiger partial charge in [-0.2, -0.15) is 10.2 Å². The lowest BCUT2D eigenvalue weighted by atomic mass is 10.2. The maximum Gasteiger partial charge on any atom is 0.284 e. The molecule has 0 aliphatic heterocycles. The summed E-state index contributed by atoms with van der Waals surface area (Å²) in [6.45, 7) is 1.89. The number of anilines is 2. The van der Waals surface area contributed by atoms with Crippen LogP contribution in [0.5, 0.6) is 0 Å². The van der Waals surface area contributed by atoms with Crippen LogP contribution in [0.25, 0.3) is 0 Å². The van der Waals surface area contributed by atoms with Crippen molar-refractivity contribution in [1.82, 2.24) is 19.8 Å². The summed E-state index contributed by atoms with van der Waals surface area (Å²) < 4.78 is 30.2. The van der Waals surface area contributed by atoms with E-state index < -0.39 is 15.9 Å². The van der Waals surface area contributed by atoms with Gasteiger partial charge in [0.15, 0.2) is 11.0 Å². The molecule has 1 N–H and O–H groups in total. The Kier molecular flexibility index (Phi) is 5.47. The maximum atomic E-state index is 12.3. The van der Waals surface area contributed by atoms with Crippen LogP contribution >= 0.6 is 11.3 Å². The van der Waals surface area contributed by atoms with E-state index >= 15 is 0 Å². The lowest BCUT2D eigenvalue weighted by Gasteiger charge is -2.20. The number of nitriles is 1. The fraction of sp³-hybridized carbons (Fsp3) is 0.316. The molecular weight excluding hydrogens is 440 g/mol. The van der Waals surface area contributed by atoms with Crippen LogP contribution < -0.4 is 9.62 Å². The van der Waals surface area contributed by atoms with Crippen LogP contribution in [-0.4, -0.2) is 35.7 Å². The van der Waals surface area contributed by atoms with E-state index in [-0.39, 0.29) is 12.2 Å². The number of amides is 1. The highest BCUT2D eigenvalue weighted by Gasteiger charge is 2.30. The minimum absolute atomic E-state index is 0.0215. The predicted octanol–water partition coefficient (Wildman–Crippen LogP) is 2.61. The zero-order chi connectivity index (χ0) is 22.2. The number of hydrogen-bond acceptors (Lipinski definition) is 10. The summed E-state index contributed by atoms with van der Waals surface area (Å²) in [6, 6.07) is 8.92. The van der Waals surface area contributed by atoms with Gasteiger partial charge >= 0.3 is 0 Å². The van der Waals surface area contributed by atoms with Crippen molar-refractivity contribution in [2.24, 2.45) is 0 Å². The second-order valence-corrected chi connectivity index (χ2v) is 10.1. The number of aromatic nitrogens is 3. The van der Waals surface area contributed by atoms with Crippen molar-refractivity contribution in [3.05, 3.63) is 52.1 Å². The first kappa shape index (κ1) is 21.0. The van der Waals surface area contributed by atoms with Crippen molar-refractivity contribution in [3.63, 3.8) is 0 Å². The van der Waals surface area contributed by atoms with Crippen molar-refractivity contribution >= 4 is 38.1 Å². The monoisotopic (exact) mass is 458 g/mol. The number of nitrogens with one attached hydrogen (secondary N) is 1. The highest BCUT2D eigenvalue weighted by molar-refractivity contribution is 7.89. The van der Waals surface area contributed by atoms with Crippen molar-refractivity contribution in [2.75, 3.05) is 11.2 Å². The van der Waals surface area contributed by atoms with Crippen LogP contribution in [0.4, 0.5) is 10.8 Å². The van der Waals surface area contributed by atoms with E-state index in [1.54, 1.807) is 36.1 Å². The average molecular weight is 459 g/mol. The summed E-state index contributed by atoms with van der Waals surface area (Å²) in [5.41, 5.74) is 1.23. The first-order valence-electron chi connectivity index (χ1n) is 9.33. The van der Waals surface area contributed by atoms with Crippen LogP contribution in [0.15, 0.2) is 28.8 Å². The topological polar surface area (TPSA) is 142 Å². The van der Waals surface area contributed by atoms with E-state index in [1.807, 2.05) is 4.72 Å². The van der Waals surface area contributed by atoms with Gasteiger partial charge < -0.3 is 9.42 Å². The molecule has 0 unspecified atom stereocenters. The Balaban J connectivity index is 1.68. The van der Waals surface area contributed by atoms with Crippen LogP contribution in [-0.2, 0) is 16.6 Å². The zero-order valence-corrected chi connectivity index (χ0v) is 18.3. The maximum absolute atomic E-state index is 12.3. The van der Waals surface area contributed by atoms with Crippen molar-refractivity contribution in [2.45, 2.75) is 32.2 Å². The third-order valence-electron chi connectivity index (χ3n) is 4.54. The van der Waals surface area contributed by atoms with Gasteiger partial charge in [0.2, 0.25) is 15.9 Å². The van der Waals surface area contributed by atoms with Gasteiger partial charge in [-0.3, -0.25) is 4.79 Å². The molecule has 0 saturated heterocycles. The van der Waals surface area contributed by atoms with E-state index in [0.29, 0.717) is 38.9 Å². The SMILES string of the molecule is Cc1sc(N(Cc2nc(C3CC3)no2)c2ccc(C#N)cc2)nc1C(=O)NS(C)(=O)=O. The second kappa shape index (κ2) is 8.09. The Morgan fingerprint density at radius 2 is 2.03 bits per heavy atom. The molecule has 1 aliphatic carbocycles. The standard InChI is InChI=1S/C19H18N6O4S2/c1-11-16(18(26)24-31(2,27)28)22-19(30-11)25(14-7-3-12(9-20)4-8-14)10-15-21-17(23-29-15)13-5-6-13/h3-4,7-8,13H,5-6,10H2,1-2H3,(H,24,26). The number of sulfonamides is 1. The molecule has 0 atom stereocenters. The number of benzene rings is 1. The number of aryl methyl sites for hydroxylation is 1. The summed E-state index contributed by atoms with van der Waals surface area (Å²) in [5.74, 6) is 0.616. The van der Waals surface area contributed by atoms with Crippen LogP contribution in [0, 0.1) is 18.3 Å². The Bertz CT molecular complexity index is 1270. The molecule has 0 spiro atoms. The van der Waals surface area contributed by atoms with Crippen molar-refractivity contribution in [3.8, 4) is 6.07 Å². The van der Waals surface area contributed by atoms with E-state index in [4.69, 9.17) is 9.78 Å². The molecule has 31 heavy (non-hydrogen) atoms. The molecule has 1 fully saturated rings. The molecular formula is C19H18N6O4S2. The number of rotatable bonds is 7. The molecule has 1 amide bonds. The molecule has 1 saturated carbocycles. The summed E-state index contributed by atoms with van der Waals surface area (Å²) in [4.78, 5) is 23.5. The van der Waals surface area contributed by atoms with Crippen molar-refractivity contribution < 1.29 is 17.7 Å². The lowest BCUT2D eigenvalue weighted by Crippen LogP contribution is -2.30. The number of carbonyl (C=O) groups excluding carboxylic acids is 1. The molecule has 10 nitrogen and oxygen atoms in total. The third kappa shape index (κ3) is 4.89. The predicted molar refractivity (Wildman–Crippen MR) is 112 cm³/mol. The summed E-state index contributed by atoms with van der Waals surface area (Å²) in [5, 5.41) is 13.6. The van der Waals surface area contributed by atoms with E-state index in [0.717, 1.165) is 19.1 Å². The molecule has 0 radical (unpaired) electrons. The van der Waals surface area contributed by atoms with E-state index in [1.165, 1.54) is 11.3 Å². The van der Waals surface area contributed by atoms with Gasteiger partial charge in [0, 0.05) is 16.5 Å². The molecule has 4 rings (SSSR count). The molecule has 12 heteroatoms. The minimum Gasteiger partial charge on any atom is -0.337 e. The molecule has 1 aliphatic rings. The highest BCUT2D eigenvalue weighted by atomic mass is 32.2. The summed E-state index contributed by atoms with van der Waals surface area (Å²) >= 11 is 1.23. The Morgan fingerprint density at radius 1 is 1.32 bits per heavy atom. The second-order valence-electron chi connectivity index (χ2n) is 7.17. The number of hydrogen-bond donors (Lipinski definition) is 1. The number of nitrogens with zero attached hydrogens (tertiary/aromatic N) is 5. The Hall–Kier alpha value is -3.30. The van der Waals surface area contributed by atoms with Crippen LogP contribution in [0.1, 0.15) is 51.4 Å². The summed E-state index contributed by atoms with van der Waals surface area (Å²) in [6.07, 6.45) is 3.00. The van der Waals surface area contributed by atoms with Gasteiger partial charge in [0.05, 0.1) is 17.9 Å². The smallest absolute Gasteiger partial charge is 0.284 e. The number of carbonyl (C=O) groups is 1. The average Bonchev–Trinajstić information content (AvgIpc) is 3.33. The van der Waals surface area contributed by atoms with Crippen LogP contribution in [0.3, 0.4) is 0 Å². The Labute approximate surface area is 182 Å². The largest absolute Gasteiger partial charge is 0.337 e. The van der Waals surface area contributed by atoms with Gasteiger partial charge in [-0.15, -0.1) is 11.3 Å². The van der Waals surface area contributed by atoms with Crippen LogP contribution in [0.2, 0.25) is 0 Å². The van der Waals surface area contributed by atoms with Gasteiger partial charge in [0.25, 0.3) is 5.91 Å². The highest BCUT2D eigenvalue weighted by Crippen LogP contribution is 2.38. The van der Waals surface area contributed by atoms with E-state index in [9.17, 15) is 13.2 Å². The molecule has 3 aromatic rings. The minimum atomic E-state index is -3.72. The van der Waals surface area contributed by atoms with Crippen molar-refractivity contribution in [1.29, 1.82) is 5.26 Å². The molecule has 160 valence electrons. The van der Waals surface area contributed by atoms with Gasteiger partial charge in [-0.25, -0.2) is 18.1 Å². The normalized spacial score (nSPS) is 13.6. The Morgan fingerprint density at radius 3 is 2.65 bits per heavy atom. The molecule has 0 bridgehead atoms. The number of thiazole rings is 1. The van der Waals surface area contributed by atoms with Gasteiger partial charge in [-0.05, 0) is 44.0 Å². The first-order valence-corrected chi connectivity index (χ1v) is 12.0. The van der Waals surface area contributed by atoms with Gasteiger partial charge in [0.1, 0.15) is 12.2 Å². The molecule has 2 aromatic heterocycles. The van der Waals surface area contributed by atoms with E-state index in [2.05, 4.69) is 21.2 Å². The third-order valence-corrected chi connectivity index (χ3v) is 6.09. The summed E-state index contributed by atoms with van der Waals surface area (Å²) in [7, 11) is -3.72. The lowest BCUT2D eigenvalue weighted by molar-refractivity contribution is 0.0977. The zero-order valence-electron chi connectivity index (χ0n) is 16.7. The van der Waals surface area contributed by atoms with Gasteiger partial charge in [-0.1, -0.05) is 5.16 Å². The molecule has 2 heterocycles. The first-order chi connectivity index (χ1) is 14.7. The fourth-order valence-electron chi connectivity index (χ4n) is 2.89. The quantitative estimate of drug-likeness (QED) is 0.565. The fourth-order valence-corrected chi connectivity index (χ4v) is 4.24.